The van der Waals surface area contributed by atoms with E-state index in [1.54, 1.807) is 6.33 Å². The minimum absolute atomic E-state index is 0.238. The molecule has 0 aliphatic rings. The molecule has 86 valence electrons. The van der Waals surface area contributed by atoms with Crippen LogP contribution in [0.5, 0.6) is 0 Å². The van der Waals surface area contributed by atoms with Gasteiger partial charge in [-0.15, -0.1) is 10.2 Å². The molecule has 5 heteroatoms. The van der Waals surface area contributed by atoms with Crippen LogP contribution in [0.25, 0.3) is 0 Å². The Morgan fingerprint density at radius 3 is 2.73 bits per heavy atom. The van der Waals surface area contributed by atoms with Gasteiger partial charge < -0.3 is 9.67 Å². The quantitative estimate of drug-likeness (QED) is 0.742. The number of aliphatic hydroxyl groups is 1. The Morgan fingerprint density at radius 1 is 1.53 bits per heavy atom. The van der Waals surface area contributed by atoms with Gasteiger partial charge in [-0.2, -0.15) is 0 Å². The van der Waals surface area contributed by atoms with E-state index in [-0.39, 0.29) is 6.61 Å². The highest BCUT2D eigenvalue weighted by Crippen LogP contribution is 2.05. The van der Waals surface area contributed by atoms with Gasteiger partial charge >= 0.3 is 0 Å². The highest BCUT2D eigenvalue weighted by atomic mass is 16.3. The van der Waals surface area contributed by atoms with Gasteiger partial charge in [0.15, 0.2) is 0 Å². The molecule has 1 N–H and O–H groups in total. The Balaban J connectivity index is 2.54. The summed E-state index contributed by atoms with van der Waals surface area (Å²) in [4.78, 5) is 2.28. The zero-order valence-electron chi connectivity index (χ0n) is 9.72. The van der Waals surface area contributed by atoms with Crippen LogP contribution in [-0.4, -0.2) is 44.0 Å². The summed E-state index contributed by atoms with van der Waals surface area (Å²) < 4.78 is 1.92. The Bertz CT molecular complexity index is 285. The fourth-order valence-electron chi connectivity index (χ4n) is 1.43. The normalized spacial score (nSPS) is 11.6. The predicted molar refractivity (Wildman–Crippen MR) is 58.3 cm³/mol. The van der Waals surface area contributed by atoms with Crippen LogP contribution in [0.15, 0.2) is 6.33 Å². The van der Waals surface area contributed by atoms with Crippen molar-refractivity contribution in [2.45, 2.75) is 32.9 Å². The zero-order chi connectivity index (χ0) is 11.3. The van der Waals surface area contributed by atoms with E-state index in [4.69, 9.17) is 5.11 Å². The van der Waals surface area contributed by atoms with Gasteiger partial charge in [-0.25, -0.2) is 0 Å². The zero-order valence-corrected chi connectivity index (χ0v) is 9.72. The number of nitrogens with zero attached hydrogens (tertiary/aromatic N) is 4. The summed E-state index contributed by atoms with van der Waals surface area (Å²) in [6.07, 6.45) is 2.51. The second-order valence-electron chi connectivity index (χ2n) is 4.00. The van der Waals surface area contributed by atoms with Gasteiger partial charge in [-0.3, -0.25) is 4.90 Å². The lowest BCUT2D eigenvalue weighted by atomic mass is 10.3. The summed E-state index contributed by atoms with van der Waals surface area (Å²) in [5.74, 6) is 0.960. The lowest BCUT2D eigenvalue weighted by Gasteiger charge is -2.25. The standard InChI is InChI=1S/C10H20N4O/c1-9(2)14(5-4-6-15)7-10-12-11-8-13(10)3/h8-9,15H,4-7H2,1-3H3. The highest BCUT2D eigenvalue weighted by Gasteiger charge is 2.12. The van der Waals surface area contributed by atoms with Crippen molar-refractivity contribution in [2.24, 2.45) is 7.05 Å². The van der Waals surface area contributed by atoms with Crippen molar-refractivity contribution >= 4 is 0 Å². The summed E-state index contributed by atoms with van der Waals surface area (Å²) in [6.45, 7) is 6.21. The molecule has 0 amide bonds. The van der Waals surface area contributed by atoms with Gasteiger partial charge in [0.2, 0.25) is 0 Å². The molecule has 0 aliphatic carbocycles. The van der Waals surface area contributed by atoms with Crippen molar-refractivity contribution in [3.63, 3.8) is 0 Å². The first-order valence-corrected chi connectivity index (χ1v) is 5.33. The first-order chi connectivity index (χ1) is 7.15. The smallest absolute Gasteiger partial charge is 0.146 e. The van der Waals surface area contributed by atoms with E-state index in [1.807, 2.05) is 11.6 Å². The van der Waals surface area contributed by atoms with Crippen LogP contribution < -0.4 is 0 Å². The molecule has 1 aromatic heterocycles. The van der Waals surface area contributed by atoms with Crippen LogP contribution >= 0.6 is 0 Å². The summed E-state index contributed by atoms with van der Waals surface area (Å²) in [5, 5.41) is 16.7. The third-order valence-corrected chi connectivity index (χ3v) is 2.48. The molecule has 0 radical (unpaired) electrons. The Labute approximate surface area is 90.7 Å². The largest absolute Gasteiger partial charge is 0.396 e. The van der Waals surface area contributed by atoms with E-state index >= 15 is 0 Å². The van der Waals surface area contributed by atoms with E-state index in [9.17, 15) is 0 Å². The fraction of sp³-hybridized carbons (Fsp3) is 0.800. The summed E-state index contributed by atoms with van der Waals surface area (Å²) in [5.41, 5.74) is 0. The summed E-state index contributed by atoms with van der Waals surface area (Å²) >= 11 is 0. The second-order valence-corrected chi connectivity index (χ2v) is 4.00. The lowest BCUT2D eigenvalue weighted by molar-refractivity contribution is 0.179. The summed E-state index contributed by atoms with van der Waals surface area (Å²) in [7, 11) is 1.94. The first kappa shape index (κ1) is 12.1. The van der Waals surface area contributed by atoms with E-state index in [0.717, 1.165) is 25.3 Å². The van der Waals surface area contributed by atoms with Gasteiger partial charge in [-0.1, -0.05) is 0 Å². The predicted octanol–water partition coefficient (Wildman–Crippen LogP) is 0.408. The molecular formula is C10H20N4O. The van der Waals surface area contributed by atoms with Crippen LogP contribution in [0.1, 0.15) is 26.1 Å². The highest BCUT2D eigenvalue weighted by molar-refractivity contribution is 4.85. The molecule has 0 fully saturated rings. The molecule has 0 atom stereocenters. The minimum atomic E-state index is 0.238. The summed E-state index contributed by atoms with van der Waals surface area (Å²) in [6, 6.07) is 0.452. The number of hydrogen-bond donors (Lipinski definition) is 1. The van der Waals surface area contributed by atoms with E-state index in [0.29, 0.717) is 6.04 Å². The average Bonchev–Trinajstić information content (AvgIpc) is 2.58. The topological polar surface area (TPSA) is 54.2 Å². The minimum Gasteiger partial charge on any atom is -0.396 e. The van der Waals surface area contributed by atoms with E-state index in [1.165, 1.54) is 0 Å². The second kappa shape index (κ2) is 5.82. The maximum absolute atomic E-state index is 8.82. The fourth-order valence-corrected chi connectivity index (χ4v) is 1.43. The molecule has 0 saturated carbocycles. The molecule has 0 aromatic carbocycles. The molecule has 1 heterocycles. The number of aromatic nitrogens is 3. The van der Waals surface area contributed by atoms with E-state index in [2.05, 4.69) is 28.9 Å². The Kier molecular flexibility index (Phi) is 4.71. The molecule has 5 nitrogen and oxygen atoms in total. The average molecular weight is 212 g/mol. The Morgan fingerprint density at radius 2 is 2.27 bits per heavy atom. The number of rotatable bonds is 6. The molecule has 0 aliphatic heterocycles. The van der Waals surface area contributed by atoms with Crippen LogP contribution in [-0.2, 0) is 13.6 Å². The molecule has 1 aromatic rings. The first-order valence-electron chi connectivity index (χ1n) is 5.33. The lowest BCUT2D eigenvalue weighted by Crippen LogP contribution is -2.32. The van der Waals surface area contributed by atoms with Crippen molar-refractivity contribution in [2.75, 3.05) is 13.2 Å². The monoisotopic (exact) mass is 212 g/mol. The van der Waals surface area contributed by atoms with Crippen molar-refractivity contribution < 1.29 is 5.11 Å². The molecule has 1 rings (SSSR count). The maximum Gasteiger partial charge on any atom is 0.146 e. The van der Waals surface area contributed by atoms with Crippen LogP contribution in [0.2, 0.25) is 0 Å². The third kappa shape index (κ3) is 3.60. The van der Waals surface area contributed by atoms with Gasteiger partial charge in [0.1, 0.15) is 12.2 Å². The number of aliphatic hydroxyl groups excluding tert-OH is 1. The van der Waals surface area contributed by atoms with Gasteiger partial charge in [-0.05, 0) is 20.3 Å². The van der Waals surface area contributed by atoms with Gasteiger partial charge in [0.25, 0.3) is 0 Å². The number of hydrogen-bond acceptors (Lipinski definition) is 4. The van der Waals surface area contributed by atoms with Crippen molar-refractivity contribution in [1.29, 1.82) is 0 Å². The van der Waals surface area contributed by atoms with Gasteiger partial charge in [0.05, 0.1) is 6.54 Å². The molecule has 0 saturated heterocycles. The Hall–Kier alpha value is -0.940. The maximum atomic E-state index is 8.82. The molecule has 15 heavy (non-hydrogen) atoms. The van der Waals surface area contributed by atoms with Crippen LogP contribution in [0.4, 0.5) is 0 Å². The molecule has 0 spiro atoms. The number of aryl methyl sites for hydroxylation is 1. The van der Waals surface area contributed by atoms with Crippen molar-refractivity contribution in [3.8, 4) is 0 Å². The van der Waals surface area contributed by atoms with Crippen molar-refractivity contribution in [3.05, 3.63) is 12.2 Å². The van der Waals surface area contributed by atoms with Crippen LogP contribution in [0, 0.1) is 0 Å². The van der Waals surface area contributed by atoms with Crippen molar-refractivity contribution in [1.82, 2.24) is 19.7 Å². The van der Waals surface area contributed by atoms with E-state index < -0.39 is 0 Å². The van der Waals surface area contributed by atoms with Gasteiger partial charge in [0, 0.05) is 26.2 Å². The molecular weight excluding hydrogens is 192 g/mol. The van der Waals surface area contributed by atoms with Crippen LogP contribution in [0.3, 0.4) is 0 Å². The third-order valence-electron chi connectivity index (χ3n) is 2.48. The molecule has 0 unspecified atom stereocenters. The SMILES string of the molecule is CC(C)N(CCCO)Cc1nncn1C. The molecule has 0 bridgehead atoms.